The summed E-state index contributed by atoms with van der Waals surface area (Å²) in [5.74, 6) is 2.26. The van der Waals surface area contributed by atoms with E-state index in [0.29, 0.717) is 11.8 Å². The minimum Gasteiger partial charge on any atom is -0.356 e. The van der Waals surface area contributed by atoms with Gasteiger partial charge in [-0.3, -0.25) is 4.79 Å². The van der Waals surface area contributed by atoms with E-state index in [1.165, 1.54) is 11.3 Å². The van der Waals surface area contributed by atoms with Gasteiger partial charge in [0.15, 0.2) is 0 Å². The lowest BCUT2D eigenvalue weighted by atomic mass is 9.95. The fourth-order valence-corrected chi connectivity index (χ4v) is 4.03. The zero-order chi connectivity index (χ0) is 16.1. The van der Waals surface area contributed by atoms with Crippen molar-refractivity contribution in [3.8, 4) is 0 Å². The molecule has 24 heavy (non-hydrogen) atoms. The van der Waals surface area contributed by atoms with E-state index in [9.17, 15) is 4.79 Å². The summed E-state index contributed by atoms with van der Waals surface area (Å²) in [5, 5.41) is 7.55. The summed E-state index contributed by atoms with van der Waals surface area (Å²) >= 11 is 0. The highest BCUT2D eigenvalue weighted by Gasteiger charge is 2.32. The number of hydrogen-bond acceptors (Lipinski definition) is 5. The first-order valence-electron chi connectivity index (χ1n) is 9.06. The Hall–Kier alpha value is -2.18. The van der Waals surface area contributed by atoms with Gasteiger partial charge in [0.05, 0.1) is 5.69 Å². The highest BCUT2D eigenvalue weighted by atomic mass is 16.2. The molecule has 3 heterocycles. The molecule has 1 saturated heterocycles. The molecule has 0 bridgehead atoms. The van der Waals surface area contributed by atoms with Crippen LogP contribution in [-0.2, 0) is 17.6 Å². The van der Waals surface area contributed by atoms with Crippen LogP contribution in [0.1, 0.15) is 43.4 Å². The normalized spacial score (nSPS) is 21.2. The van der Waals surface area contributed by atoms with Gasteiger partial charge in [0.2, 0.25) is 5.91 Å². The van der Waals surface area contributed by atoms with Gasteiger partial charge < -0.3 is 10.2 Å². The number of fused-ring (bicyclic) bond motifs is 2. The lowest BCUT2D eigenvalue weighted by Gasteiger charge is -2.34. The molecule has 1 N–H and O–H groups in total. The maximum Gasteiger partial charge on any atom is 0.254 e. The fraction of sp³-hybridized carbons (Fsp3) is 0.647. The molecule has 0 atom stereocenters. The van der Waals surface area contributed by atoms with Crippen molar-refractivity contribution in [1.82, 2.24) is 24.9 Å². The number of carbonyl (C=O) groups is 1. The summed E-state index contributed by atoms with van der Waals surface area (Å²) in [7, 11) is 0. The molecule has 7 nitrogen and oxygen atoms in total. The van der Waals surface area contributed by atoms with Crippen molar-refractivity contribution in [3.63, 3.8) is 0 Å². The number of piperidine rings is 1. The second kappa shape index (κ2) is 5.43. The van der Waals surface area contributed by atoms with Crippen molar-refractivity contribution < 1.29 is 4.79 Å². The van der Waals surface area contributed by atoms with Crippen LogP contribution in [0.5, 0.6) is 0 Å². The Morgan fingerprint density at radius 3 is 2.79 bits per heavy atom. The first-order chi connectivity index (χ1) is 11.8. The van der Waals surface area contributed by atoms with Crippen LogP contribution in [0.4, 0.5) is 5.82 Å². The summed E-state index contributed by atoms with van der Waals surface area (Å²) in [6.07, 6.45) is 8.95. The lowest BCUT2D eigenvalue weighted by Crippen LogP contribution is -2.42. The first kappa shape index (κ1) is 14.2. The number of amides is 1. The molecule has 2 aromatic rings. The standard InChI is InChI=1S/C17H22N6O/c24-15(20-12-4-5-12)11-6-8-22(9-7-11)16-13-2-1-3-14(13)21-17-18-10-19-23(16)17/h10-12H,1-9H2,(H,20,24). The molecular weight excluding hydrogens is 304 g/mol. The van der Waals surface area contributed by atoms with Gasteiger partial charge in [-0.1, -0.05) is 0 Å². The molecule has 2 aliphatic carbocycles. The second-order valence-electron chi connectivity index (χ2n) is 7.23. The Labute approximate surface area is 140 Å². The average Bonchev–Trinajstić information content (AvgIpc) is 3.09. The van der Waals surface area contributed by atoms with E-state index in [1.807, 2.05) is 4.52 Å². The Morgan fingerprint density at radius 2 is 2.00 bits per heavy atom. The van der Waals surface area contributed by atoms with Crippen molar-refractivity contribution >= 4 is 17.5 Å². The van der Waals surface area contributed by atoms with Crippen LogP contribution in [0.3, 0.4) is 0 Å². The lowest BCUT2D eigenvalue weighted by molar-refractivity contribution is -0.125. The average molecular weight is 326 g/mol. The van der Waals surface area contributed by atoms with Crippen molar-refractivity contribution in [3.05, 3.63) is 17.6 Å². The van der Waals surface area contributed by atoms with E-state index in [4.69, 9.17) is 0 Å². The third-order valence-corrected chi connectivity index (χ3v) is 5.51. The molecule has 0 spiro atoms. The monoisotopic (exact) mass is 326 g/mol. The van der Waals surface area contributed by atoms with Crippen molar-refractivity contribution in [1.29, 1.82) is 0 Å². The minimum absolute atomic E-state index is 0.156. The summed E-state index contributed by atoms with van der Waals surface area (Å²) in [6, 6.07) is 0.453. The van der Waals surface area contributed by atoms with E-state index in [-0.39, 0.29) is 11.8 Å². The van der Waals surface area contributed by atoms with Crippen LogP contribution in [0.2, 0.25) is 0 Å². The number of nitrogens with zero attached hydrogens (tertiary/aromatic N) is 5. The molecule has 3 aliphatic rings. The fourth-order valence-electron chi connectivity index (χ4n) is 4.03. The summed E-state index contributed by atoms with van der Waals surface area (Å²) in [4.78, 5) is 23.6. The minimum atomic E-state index is 0.156. The van der Waals surface area contributed by atoms with Crippen LogP contribution in [-0.4, -0.2) is 44.6 Å². The van der Waals surface area contributed by atoms with E-state index < -0.39 is 0 Å². The number of rotatable bonds is 3. The Kier molecular flexibility index (Phi) is 3.21. The van der Waals surface area contributed by atoms with Crippen LogP contribution in [0.15, 0.2) is 6.33 Å². The molecule has 5 rings (SSSR count). The van der Waals surface area contributed by atoms with Gasteiger partial charge >= 0.3 is 0 Å². The topological polar surface area (TPSA) is 75.4 Å². The summed E-state index contributed by atoms with van der Waals surface area (Å²) in [5.41, 5.74) is 2.51. The van der Waals surface area contributed by atoms with Crippen molar-refractivity contribution in [2.75, 3.05) is 18.0 Å². The SMILES string of the molecule is O=C(NC1CC1)C1CCN(c2c3c(nc4ncnn24)CCC3)CC1. The molecule has 1 amide bonds. The van der Waals surface area contributed by atoms with Gasteiger partial charge in [-0.15, -0.1) is 0 Å². The quantitative estimate of drug-likeness (QED) is 0.914. The predicted molar refractivity (Wildman–Crippen MR) is 88.9 cm³/mol. The highest BCUT2D eigenvalue weighted by Crippen LogP contribution is 2.33. The van der Waals surface area contributed by atoms with Gasteiger partial charge in [0, 0.05) is 30.6 Å². The van der Waals surface area contributed by atoms with E-state index in [0.717, 1.165) is 63.9 Å². The van der Waals surface area contributed by atoms with Gasteiger partial charge in [-0.25, -0.2) is 4.98 Å². The maximum atomic E-state index is 12.3. The maximum absolute atomic E-state index is 12.3. The first-order valence-corrected chi connectivity index (χ1v) is 9.06. The number of carbonyl (C=O) groups excluding carboxylic acids is 1. The predicted octanol–water partition coefficient (Wildman–Crippen LogP) is 1.11. The molecule has 2 fully saturated rings. The van der Waals surface area contributed by atoms with Crippen LogP contribution < -0.4 is 10.2 Å². The zero-order valence-corrected chi connectivity index (χ0v) is 13.7. The number of nitrogens with one attached hydrogen (secondary N) is 1. The Bertz CT molecular complexity index is 788. The zero-order valence-electron chi connectivity index (χ0n) is 13.7. The smallest absolute Gasteiger partial charge is 0.254 e. The highest BCUT2D eigenvalue weighted by molar-refractivity contribution is 5.79. The number of aromatic nitrogens is 4. The molecule has 0 radical (unpaired) electrons. The van der Waals surface area contributed by atoms with Crippen LogP contribution in [0, 0.1) is 5.92 Å². The number of hydrogen-bond donors (Lipinski definition) is 1. The third kappa shape index (κ3) is 2.34. The summed E-state index contributed by atoms with van der Waals surface area (Å²) < 4.78 is 1.88. The van der Waals surface area contributed by atoms with Gasteiger partial charge in [0.25, 0.3) is 5.78 Å². The van der Waals surface area contributed by atoms with E-state index in [1.54, 1.807) is 6.33 Å². The Balaban J connectivity index is 1.39. The molecule has 0 aromatic carbocycles. The van der Waals surface area contributed by atoms with Gasteiger partial charge in [0.1, 0.15) is 12.1 Å². The Morgan fingerprint density at radius 1 is 1.17 bits per heavy atom. The number of aryl methyl sites for hydroxylation is 1. The van der Waals surface area contributed by atoms with Gasteiger partial charge in [-0.05, 0) is 44.9 Å². The van der Waals surface area contributed by atoms with Crippen LogP contribution >= 0.6 is 0 Å². The third-order valence-electron chi connectivity index (χ3n) is 5.51. The van der Waals surface area contributed by atoms with E-state index >= 15 is 0 Å². The second-order valence-corrected chi connectivity index (χ2v) is 7.23. The molecule has 2 aromatic heterocycles. The van der Waals surface area contributed by atoms with Crippen molar-refractivity contribution in [2.24, 2.45) is 5.92 Å². The molecule has 1 aliphatic heterocycles. The molecule has 7 heteroatoms. The van der Waals surface area contributed by atoms with Crippen LogP contribution in [0.25, 0.3) is 5.78 Å². The largest absolute Gasteiger partial charge is 0.356 e. The van der Waals surface area contributed by atoms with E-state index in [2.05, 4.69) is 25.3 Å². The molecular formula is C17H22N6O. The number of anilines is 1. The molecule has 126 valence electrons. The van der Waals surface area contributed by atoms with Gasteiger partial charge in [-0.2, -0.15) is 14.6 Å². The molecule has 0 unspecified atom stereocenters. The summed E-state index contributed by atoms with van der Waals surface area (Å²) in [6.45, 7) is 1.79. The molecule has 1 saturated carbocycles. The van der Waals surface area contributed by atoms with Crippen molar-refractivity contribution in [2.45, 2.75) is 51.0 Å².